The van der Waals surface area contributed by atoms with Gasteiger partial charge in [0.15, 0.2) is 0 Å². The standard InChI is InChI=1S/C28H29FN2O4/c1-30(18-19-8-4-6-10-24(19)29)28(33)23-16-17-26(32)31(20-12-14-21(34-2)15-13-20)27(23)22-9-5-7-11-25(22)35-3/h4-15,23,27H,16-18H2,1-3H3. The normalized spacial score (nSPS) is 17.7. The second-order valence-electron chi connectivity index (χ2n) is 8.58. The number of para-hydroxylation sites is 1. The van der Waals surface area contributed by atoms with E-state index >= 15 is 0 Å². The Morgan fingerprint density at radius 2 is 1.69 bits per heavy atom. The van der Waals surface area contributed by atoms with E-state index in [0.29, 0.717) is 29.2 Å². The number of methoxy groups -OCH3 is 2. The van der Waals surface area contributed by atoms with Crippen LogP contribution in [0.3, 0.4) is 0 Å². The van der Waals surface area contributed by atoms with Crippen LogP contribution in [-0.2, 0) is 16.1 Å². The van der Waals surface area contributed by atoms with E-state index in [-0.39, 0.29) is 30.6 Å². The summed E-state index contributed by atoms with van der Waals surface area (Å²) in [7, 11) is 4.82. The summed E-state index contributed by atoms with van der Waals surface area (Å²) < 4.78 is 25.2. The minimum atomic E-state index is -0.587. The molecule has 0 spiro atoms. The highest BCUT2D eigenvalue weighted by molar-refractivity contribution is 5.97. The highest BCUT2D eigenvalue weighted by atomic mass is 19.1. The Bertz CT molecular complexity index is 1200. The van der Waals surface area contributed by atoms with Crippen molar-refractivity contribution < 1.29 is 23.5 Å². The van der Waals surface area contributed by atoms with Crippen molar-refractivity contribution in [1.82, 2.24) is 4.90 Å². The molecule has 35 heavy (non-hydrogen) atoms. The first kappa shape index (κ1) is 24.3. The molecule has 3 aromatic carbocycles. The van der Waals surface area contributed by atoms with E-state index in [4.69, 9.17) is 9.47 Å². The molecule has 182 valence electrons. The molecule has 0 N–H and O–H groups in total. The van der Waals surface area contributed by atoms with Gasteiger partial charge in [0.25, 0.3) is 0 Å². The largest absolute Gasteiger partial charge is 0.497 e. The van der Waals surface area contributed by atoms with Crippen LogP contribution in [0.2, 0.25) is 0 Å². The monoisotopic (exact) mass is 476 g/mol. The van der Waals surface area contributed by atoms with Crippen molar-refractivity contribution in [2.24, 2.45) is 5.92 Å². The summed E-state index contributed by atoms with van der Waals surface area (Å²) in [5, 5.41) is 0. The quantitative estimate of drug-likeness (QED) is 0.482. The first-order valence-corrected chi connectivity index (χ1v) is 11.5. The van der Waals surface area contributed by atoms with E-state index in [2.05, 4.69) is 0 Å². The zero-order valence-corrected chi connectivity index (χ0v) is 20.1. The van der Waals surface area contributed by atoms with Gasteiger partial charge < -0.3 is 19.3 Å². The average molecular weight is 477 g/mol. The molecule has 2 unspecified atom stereocenters. The summed E-state index contributed by atoms with van der Waals surface area (Å²) in [5.41, 5.74) is 1.86. The Balaban J connectivity index is 1.75. The molecule has 2 atom stereocenters. The van der Waals surface area contributed by atoms with Crippen LogP contribution in [0.5, 0.6) is 11.5 Å². The predicted molar refractivity (Wildman–Crippen MR) is 132 cm³/mol. The minimum absolute atomic E-state index is 0.0770. The van der Waals surface area contributed by atoms with Crippen molar-refractivity contribution in [1.29, 1.82) is 0 Å². The Morgan fingerprint density at radius 1 is 1.00 bits per heavy atom. The fourth-order valence-corrected chi connectivity index (χ4v) is 4.71. The van der Waals surface area contributed by atoms with Gasteiger partial charge in [0.05, 0.1) is 26.2 Å². The number of hydrogen-bond acceptors (Lipinski definition) is 4. The van der Waals surface area contributed by atoms with Crippen molar-refractivity contribution in [3.05, 3.63) is 89.7 Å². The summed E-state index contributed by atoms with van der Waals surface area (Å²) >= 11 is 0. The number of nitrogens with zero attached hydrogens (tertiary/aromatic N) is 2. The fourth-order valence-electron chi connectivity index (χ4n) is 4.71. The maximum Gasteiger partial charge on any atom is 0.228 e. The zero-order valence-electron chi connectivity index (χ0n) is 20.1. The van der Waals surface area contributed by atoms with Crippen molar-refractivity contribution in [2.45, 2.75) is 25.4 Å². The van der Waals surface area contributed by atoms with Crippen molar-refractivity contribution >= 4 is 17.5 Å². The van der Waals surface area contributed by atoms with Gasteiger partial charge in [0.2, 0.25) is 11.8 Å². The number of halogens is 1. The van der Waals surface area contributed by atoms with Gasteiger partial charge in [-0.3, -0.25) is 9.59 Å². The Labute approximate surface area is 204 Å². The smallest absolute Gasteiger partial charge is 0.228 e. The number of anilines is 1. The van der Waals surface area contributed by atoms with E-state index < -0.39 is 12.0 Å². The lowest BCUT2D eigenvalue weighted by atomic mass is 9.82. The Kier molecular flexibility index (Phi) is 7.34. The molecule has 1 saturated heterocycles. The highest BCUT2D eigenvalue weighted by Gasteiger charge is 2.43. The van der Waals surface area contributed by atoms with Gasteiger partial charge in [-0.1, -0.05) is 36.4 Å². The summed E-state index contributed by atoms with van der Waals surface area (Å²) in [6, 6.07) is 20.5. The van der Waals surface area contributed by atoms with Crippen molar-refractivity contribution in [3.8, 4) is 11.5 Å². The van der Waals surface area contributed by atoms with Crippen molar-refractivity contribution in [3.63, 3.8) is 0 Å². The second kappa shape index (κ2) is 10.6. The van der Waals surface area contributed by atoms with Gasteiger partial charge in [-0.05, 0) is 42.8 Å². The molecule has 1 aliphatic heterocycles. The van der Waals surface area contributed by atoms with Crippen LogP contribution in [0.25, 0.3) is 0 Å². The molecule has 6 nitrogen and oxygen atoms in total. The number of carbonyl (C=O) groups is 2. The first-order chi connectivity index (χ1) is 16.9. The van der Waals surface area contributed by atoms with E-state index in [0.717, 1.165) is 5.56 Å². The maximum atomic E-state index is 14.3. The molecule has 1 fully saturated rings. The third-order valence-electron chi connectivity index (χ3n) is 6.46. The van der Waals surface area contributed by atoms with E-state index in [1.165, 1.54) is 11.0 Å². The average Bonchev–Trinajstić information content (AvgIpc) is 2.89. The van der Waals surface area contributed by atoms with Crippen LogP contribution in [0.1, 0.15) is 30.0 Å². The summed E-state index contributed by atoms with van der Waals surface area (Å²) in [4.78, 5) is 30.3. The van der Waals surface area contributed by atoms with Gasteiger partial charge in [-0.25, -0.2) is 4.39 Å². The molecule has 3 aromatic rings. The van der Waals surface area contributed by atoms with Crippen LogP contribution in [0.4, 0.5) is 10.1 Å². The molecule has 7 heteroatoms. The number of amides is 2. The first-order valence-electron chi connectivity index (χ1n) is 11.5. The molecule has 2 amide bonds. The maximum absolute atomic E-state index is 14.3. The Morgan fingerprint density at radius 3 is 2.37 bits per heavy atom. The lowest BCUT2D eigenvalue weighted by molar-refractivity contribution is -0.137. The second-order valence-corrected chi connectivity index (χ2v) is 8.58. The SMILES string of the molecule is COc1ccc(N2C(=O)CCC(C(=O)N(C)Cc3ccccc3F)C2c2ccccc2OC)cc1. The van der Waals surface area contributed by atoms with Crippen molar-refractivity contribution in [2.75, 3.05) is 26.2 Å². The summed E-state index contributed by atoms with van der Waals surface area (Å²) in [6.45, 7) is 0.136. The van der Waals surface area contributed by atoms with Crippen LogP contribution in [0.15, 0.2) is 72.8 Å². The van der Waals surface area contributed by atoms with Gasteiger partial charge in [-0.2, -0.15) is 0 Å². The third-order valence-corrected chi connectivity index (χ3v) is 6.46. The minimum Gasteiger partial charge on any atom is -0.497 e. The summed E-state index contributed by atoms with van der Waals surface area (Å²) in [6.07, 6.45) is 0.607. The van der Waals surface area contributed by atoms with E-state index in [9.17, 15) is 14.0 Å². The molecule has 0 aliphatic carbocycles. The van der Waals surface area contributed by atoms with Gasteiger partial charge in [0.1, 0.15) is 17.3 Å². The lowest BCUT2D eigenvalue weighted by Crippen LogP contribution is -2.48. The number of benzene rings is 3. The molecular weight excluding hydrogens is 447 g/mol. The van der Waals surface area contributed by atoms with E-state index in [1.54, 1.807) is 56.5 Å². The molecule has 4 rings (SSSR count). The van der Waals surface area contributed by atoms with E-state index in [1.807, 2.05) is 36.4 Å². The van der Waals surface area contributed by atoms with Crippen LogP contribution in [-0.4, -0.2) is 38.0 Å². The molecular formula is C28H29FN2O4. The lowest BCUT2D eigenvalue weighted by Gasteiger charge is -2.42. The topological polar surface area (TPSA) is 59.1 Å². The molecule has 0 aromatic heterocycles. The number of hydrogen-bond donors (Lipinski definition) is 0. The predicted octanol–water partition coefficient (Wildman–Crippen LogP) is 4.99. The Hall–Kier alpha value is -3.87. The zero-order chi connectivity index (χ0) is 24.9. The van der Waals surface area contributed by atoms with Crippen LogP contribution in [0, 0.1) is 11.7 Å². The highest BCUT2D eigenvalue weighted by Crippen LogP contribution is 2.44. The summed E-state index contributed by atoms with van der Waals surface area (Å²) in [5.74, 6) is 0.140. The molecule has 1 aliphatic rings. The van der Waals surface area contributed by atoms with Gasteiger partial charge >= 0.3 is 0 Å². The third kappa shape index (κ3) is 4.99. The fraction of sp³-hybridized carbons (Fsp3) is 0.286. The number of ether oxygens (including phenoxy) is 2. The molecule has 0 saturated carbocycles. The number of piperidine rings is 1. The van der Waals surface area contributed by atoms with Gasteiger partial charge in [0, 0.05) is 36.8 Å². The molecule has 1 heterocycles. The van der Waals surface area contributed by atoms with Crippen LogP contribution < -0.4 is 14.4 Å². The van der Waals surface area contributed by atoms with Crippen LogP contribution >= 0.6 is 0 Å². The number of rotatable bonds is 7. The molecule has 0 bridgehead atoms. The van der Waals surface area contributed by atoms with Gasteiger partial charge in [-0.15, -0.1) is 0 Å². The molecule has 0 radical (unpaired) electrons. The number of carbonyl (C=O) groups excluding carboxylic acids is 2.